The fourth-order valence-electron chi connectivity index (χ4n) is 3.32. The van der Waals surface area contributed by atoms with Crippen molar-refractivity contribution >= 4 is 39.8 Å². The summed E-state index contributed by atoms with van der Waals surface area (Å²) in [5.74, 6) is 0. The van der Waals surface area contributed by atoms with E-state index in [0.717, 1.165) is 0 Å². The molecule has 4 aromatic heterocycles. The number of nitro groups is 4. The standard InChI is InChI=1S/C8H9N3O2.C8H8N2O2.C7H7N3O2.C7H6N3O2.C2H6.CH5N.4V.16Y/c1-5-6(2)10-4-7(11(12)13)8(5)9-3;1-5-6(2)8(10(11)12)4-9-7(5)3;2*1-4-5(2)9-3-6(7(4)8)10(11)12;2*1-2;;;;;;;;;;;;;;;;;;;;/h1H2,2-3H3,(H,9,10);1H2,2-3H3;1H2,2H3,(H2,8,9);1H2,2H3,(H-,8,9);1-2H3;2H2,1H3;;;;;;;;;;;;;;;;;;;;/q3*-2;-3;;;;;;;;;;;;;;;;;;;;;;. The first kappa shape index (κ1) is 152. The van der Waals surface area contributed by atoms with Crippen LogP contribution in [0.4, 0.5) is 39.8 Å². The van der Waals surface area contributed by atoms with E-state index in [4.69, 9.17) is 11.5 Å². The van der Waals surface area contributed by atoms with E-state index < -0.39 is 25.4 Å². The minimum atomic E-state index is -0.691. The zero-order valence-corrected chi connectivity index (χ0v) is 92.9. The fourth-order valence-corrected chi connectivity index (χ4v) is 3.32. The molecule has 4 aromatic rings. The molecule has 20 nitrogen and oxygen atoms in total. The van der Waals surface area contributed by atoms with E-state index >= 15 is 0 Å². The molecule has 0 fully saturated rings. The Hall–Kier alpha value is 13.0. The molecule has 358 valence electrons. The van der Waals surface area contributed by atoms with E-state index in [9.17, 15) is 40.5 Å². The van der Waals surface area contributed by atoms with Gasteiger partial charge in [-0.3, -0.25) is 40.5 Å². The summed E-state index contributed by atoms with van der Waals surface area (Å²) in [6, 6.07) is 0. The number of pyridine rings is 4. The summed E-state index contributed by atoms with van der Waals surface area (Å²) in [6.45, 7) is 26.8. The molecule has 0 saturated heterocycles. The van der Waals surface area contributed by atoms with Crippen LogP contribution in [0, 0.1) is 128 Å². The number of hydrogen-bond donors (Lipinski definition) is 3. The summed E-state index contributed by atoms with van der Waals surface area (Å²) < 4.78 is 0. The maximum absolute atomic E-state index is 10.5. The first-order valence-electron chi connectivity index (χ1n) is 14.9. The predicted octanol–water partition coefficient (Wildman–Crippen LogP) is 6.29. The molecule has 0 spiro atoms. The largest absolute Gasteiger partial charge is 0.752 e. The van der Waals surface area contributed by atoms with Crippen LogP contribution in [-0.2, 0) is 598 Å². The Morgan fingerprint density at radius 1 is 0.452 bits per heavy atom. The number of nitrogen functional groups attached to an aromatic ring is 1. The van der Waals surface area contributed by atoms with Crippen molar-refractivity contribution in [3.05, 3.63) is 149 Å². The molecule has 0 aliphatic heterocycles. The third-order valence-electron chi connectivity index (χ3n) is 6.51. The molecule has 20 radical (unpaired) electrons. The van der Waals surface area contributed by atoms with Crippen molar-refractivity contribution in [2.24, 2.45) is 5.73 Å². The van der Waals surface area contributed by atoms with Crippen LogP contribution in [0.15, 0.2) is 0 Å². The Morgan fingerprint density at radius 3 is 0.973 bits per heavy atom. The molecule has 0 bridgehead atoms. The van der Waals surface area contributed by atoms with Crippen LogP contribution in [-0.4, -0.2) is 53.7 Å². The number of nitrogens with two attached hydrogens (primary N) is 2. The Bertz CT molecular complexity index is 1820. The zero-order chi connectivity index (χ0) is 41.9. The average molecular weight is 2360 g/mol. The number of aryl methyl sites for hydroxylation is 4. The predicted molar refractivity (Wildman–Crippen MR) is 200 cm³/mol. The van der Waals surface area contributed by atoms with Crippen molar-refractivity contribution in [1.82, 2.24) is 19.9 Å². The van der Waals surface area contributed by atoms with Crippen LogP contribution in [0.25, 0.3) is 5.73 Å². The van der Waals surface area contributed by atoms with Gasteiger partial charge in [-0.2, -0.15) is 44.5 Å². The number of anilines is 2. The molecule has 0 aliphatic carbocycles. The van der Waals surface area contributed by atoms with Crippen molar-refractivity contribution in [1.29, 1.82) is 0 Å². The van der Waals surface area contributed by atoms with Crippen molar-refractivity contribution in [3.8, 4) is 0 Å². The van der Waals surface area contributed by atoms with Crippen LogP contribution >= 0.6 is 0 Å². The Balaban J connectivity index is -0.0000000213. The smallest absolute Gasteiger partial charge is 0.202 e. The summed E-state index contributed by atoms with van der Waals surface area (Å²) in [5, 5.41) is 44.2. The number of nitrogens with one attached hydrogen (secondary N) is 2. The van der Waals surface area contributed by atoms with E-state index in [1.54, 1.807) is 41.7 Å². The molecule has 4 heterocycles. The molecule has 40 heteroatoms. The van der Waals surface area contributed by atoms with Crippen LogP contribution in [0.5, 0.6) is 0 Å². The summed E-state index contributed by atoms with van der Waals surface area (Å²) >= 11 is 0. The van der Waals surface area contributed by atoms with E-state index in [-0.39, 0.29) is 632 Å². The van der Waals surface area contributed by atoms with Crippen LogP contribution in [0.3, 0.4) is 0 Å². The molecule has 0 atom stereocenters. The minimum Gasteiger partial charge on any atom is -0.752 e. The van der Waals surface area contributed by atoms with Gasteiger partial charge >= 0.3 is 0 Å². The van der Waals surface area contributed by atoms with Crippen molar-refractivity contribution in [3.63, 3.8) is 0 Å². The van der Waals surface area contributed by atoms with Crippen molar-refractivity contribution in [2.45, 2.75) is 48.5 Å². The van der Waals surface area contributed by atoms with Crippen LogP contribution < -0.4 is 16.8 Å². The number of aromatic nitrogens is 4. The van der Waals surface area contributed by atoms with Gasteiger partial charge in [-0.05, 0) is 25.5 Å². The Labute approximate surface area is 882 Å². The van der Waals surface area contributed by atoms with Gasteiger partial charge in [-0.15, -0.1) is 11.1 Å². The van der Waals surface area contributed by atoms with E-state index in [1.165, 1.54) is 7.05 Å². The molecular formula is C33H41N12O8V4Y16-9. The fraction of sp³-hybridized carbons (Fsp3) is 0.273. The van der Waals surface area contributed by atoms with Crippen LogP contribution in [0.2, 0.25) is 0 Å². The Morgan fingerprint density at radius 2 is 0.685 bits per heavy atom. The first-order valence-corrected chi connectivity index (χ1v) is 14.9. The second kappa shape index (κ2) is 89.2. The quantitative estimate of drug-likeness (QED) is 0.112. The van der Waals surface area contributed by atoms with E-state index in [1.807, 2.05) is 13.8 Å². The maximum atomic E-state index is 10.5. The molecule has 4 rings (SSSR count). The summed E-state index contributed by atoms with van der Waals surface area (Å²) in [6.07, 6.45) is 9.10. The van der Waals surface area contributed by atoms with Gasteiger partial charge in [0, 0.05) is 642 Å². The number of hydrogen-bond acceptors (Lipinski definition) is 15. The monoisotopic (exact) mass is 2360 g/mol. The van der Waals surface area contributed by atoms with Crippen LogP contribution in [0.1, 0.15) is 64.4 Å². The zero-order valence-electron chi connectivity index (χ0n) is 41.9. The maximum Gasteiger partial charge on any atom is 0.202 e. The van der Waals surface area contributed by atoms with Gasteiger partial charge in [0.25, 0.3) is 0 Å². The molecule has 0 aliphatic rings. The minimum absolute atomic E-state index is 0. The van der Waals surface area contributed by atoms with Gasteiger partial charge in [0.2, 0.25) is 11.4 Å². The molecule has 73 heavy (non-hydrogen) atoms. The first-order chi connectivity index (χ1) is 24.7. The summed E-state index contributed by atoms with van der Waals surface area (Å²) in [7, 11) is 3.10. The van der Waals surface area contributed by atoms with E-state index in [2.05, 4.69) is 83.5 Å². The second-order valence-electron chi connectivity index (χ2n) is 9.61. The molecular weight excluding hydrogens is 2320 g/mol. The normalized spacial score (nSPS) is 6.71. The number of rotatable bonds is 5. The molecule has 6 N–H and O–H groups in total. The van der Waals surface area contributed by atoms with Gasteiger partial charge in [0.1, 0.15) is 0 Å². The third kappa shape index (κ3) is 59.8. The van der Waals surface area contributed by atoms with Crippen molar-refractivity contribution in [2.75, 3.05) is 25.1 Å². The topological polar surface area (TPSA) is 312 Å². The van der Waals surface area contributed by atoms with Gasteiger partial charge in [-0.1, -0.05) is 76.8 Å². The molecule has 0 saturated carbocycles. The second-order valence-corrected chi connectivity index (χ2v) is 9.61. The summed E-state index contributed by atoms with van der Waals surface area (Å²) in [5.41, 5.74) is 21.1. The van der Waals surface area contributed by atoms with Gasteiger partial charge in [0.15, 0.2) is 11.4 Å². The van der Waals surface area contributed by atoms with Gasteiger partial charge < -0.3 is 42.5 Å². The summed E-state index contributed by atoms with van der Waals surface area (Å²) in [4.78, 5) is 53.9. The number of nitrogens with zero attached hydrogens (tertiary/aromatic N) is 8. The molecule has 0 unspecified atom stereocenters. The third-order valence-corrected chi connectivity index (χ3v) is 6.51. The van der Waals surface area contributed by atoms with Gasteiger partial charge in [0.05, 0.1) is 0 Å². The van der Waals surface area contributed by atoms with Crippen molar-refractivity contribution < 1.29 is 617 Å². The SMILES string of the molecule is CC.CN.[CH2-]c1c(C)n[c-]c([N+](=O)[O-])c1C.[CH2-]c1c(C)n[c-]c([N+](=O)[O-])c1N.[CH2-]c1c(C)n[c-]c([N+](=O)[O-])c1NC.[CH2-]c1c(C)n[c-]c([N+](=O)[O-])c1[NH-].[V].[V].[V].[V].[Y].[Y].[Y].[Y].[Y].[Y].[Y].[Y].[Y].[Y].[Y].[Y].[Y].[Y].[Y].[Y]. The molecule has 0 aromatic carbocycles. The van der Waals surface area contributed by atoms with Gasteiger partial charge in [-0.25, -0.2) is 0 Å². The van der Waals surface area contributed by atoms with E-state index in [0.29, 0.717) is 50.7 Å². The molecule has 0 amide bonds. The Kier molecular flexibility index (Phi) is 185. The average Bonchev–Trinajstić information content (AvgIpc) is 3.11.